The molecule has 2 amide bonds. The van der Waals surface area contributed by atoms with E-state index < -0.39 is 10.0 Å². The summed E-state index contributed by atoms with van der Waals surface area (Å²) >= 11 is 1.52. The van der Waals surface area contributed by atoms with Crippen LogP contribution in [0.5, 0.6) is 0 Å². The van der Waals surface area contributed by atoms with Crippen molar-refractivity contribution < 1.29 is 13.2 Å². The van der Waals surface area contributed by atoms with Crippen LogP contribution in [0.2, 0.25) is 0 Å². The van der Waals surface area contributed by atoms with Gasteiger partial charge in [-0.15, -0.1) is 17.9 Å². The lowest BCUT2D eigenvalue weighted by molar-refractivity contribution is 0.252. The average molecular weight is 380 g/mol. The highest BCUT2D eigenvalue weighted by Gasteiger charge is 2.19. The van der Waals surface area contributed by atoms with E-state index >= 15 is 0 Å². The average Bonchev–Trinajstić information content (AvgIpc) is 2.99. The summed E-state index contributed by atoms with van der Waals surface area (Å²) in [6, 6.07) is 5.63. The van der Waals surface area contributed by atoms with E-state index in [0.717, 1.165) is 9.88 Å². The Morgan fingerprint density at radius 2 is 2.04 bits per heavy atom. The summed E-state index contributed by atoms with van der Waals surface area (Å²) < 4.78 is 25.8. The monoisotopic (exact) mass is 380 g/mol. The number of amides is 2. The molecule has 0 aliphatic rings. The standard InChI is InChI=1S/C16H20N4O3S2/c1-4-9-20(3)25(22,23)15-7-5-13(6-8-15)19-16(21)18-11-14-10-17-12(2)24-14/h4-8,10H,1,9,11H2,2-3H3,(H2,18,19,21). The molecule has 2 aromatic rings. The molecule has 0 saturated carbocycles. The van der Waals surface area contributed by atoms with Gasteiger partial charge in [-0.25, -0.2) is 18.2 Å². The summed E-state index contributed by atoms with van der Waals surface area (Å²) in [4.78, 5) is 17.1. The molecule has 134 valence electrons. The Hall–Kier alpha value is -2.23. The number of hydrogen-bond donors (Lipinski definition) is 2. The van der Waals surface area contributed by atoms with Crippen molar-refractivity contribution in [3.63, 3.8) is 0 Å². The van der Waals surface area contributed by atoms with Crippen LogP contribution in [0.3, 0.4) is 0 Å². The summed E-state index contributed by atoms with van der Waals surface area (Å²) in [6.07, 6.45) is 3.24. The number of carbonyl (C=O) groups excluding carboxylic acids is 1. The summed E-state index contributed by atoms with van der Waals surface area (Å²) in [6.45, 7) is 6.04. The Morgan fingerprint density at radius 1 is 1.36 bits per heavy atom. The molecule has 1 aromatic heterocycles. The maximum Gasteiger partial charge on any atom is 0.319 e. The van der Waals surface area contributed by atoms with E-state index in [2.05, 4.69) is 22.2 Å². The van der Waals surface area contributed by atoms with Gasteiger partial charge in [0.05, 0.1) is 16.4 Å². The first-order valence-electron chi connectivity index (χ1n) is 7.46. The van der Waals surface area contributed by atoms with E-state index in [1.807, 2.05) is 6.92 Å². The lowest BCUT2D eigenvalue weighted by Crippen LogP contribution is -2.28. The summed E-state index contributed by atoms with van der Waals surface area (Å²) in [5, 5.41) is 6.33. The van der Waals surface area contributed by atoms with Crippen LogP contribution >= 0.6 is 11.3 Å². The second-order valence-electron chi connectivity index (χ2n) is 5.25. The molecule has 7 nitrogen and oxygen atoms in total. The van der Waals surface area contributed by atoms with Gasteiger partial charge in [-0.3, -0.25) is 0 Å². The van der Waals surface area contributed by atoms with Crippen LogP contribution < -0.4 is 10.6 Å². The summed E-state index contributed by atoms with van der Waals surface area (Å²) in [5.74, 6) is 0. The minimum atomic E-state index is -3.56. The Bertz CT molecular complexity index is 845. The van der Waals surface area contributed by atoms with Crippen molar-refractivity contribution >= 4 is 33.1 Å². The molecule has 2 rings (SSSR count). The zero-order valence-corrected chi connectivity index (χ0v) is 15.7. The van der Waals surface area contributed by atoms with Crippen LogP contribution in [0, 0.1) is 6.92 Å². The van der Waals surface area contributed by atoms with Crippen LogP contribution in [0.1, 0.15) is 9.88 Å². The maximum absolute atomic E-state index is 12.3. The third-order valence-corrected chi connectivity index (χ3v) is 6.05. The number of benzene rings is 1. The predicted molar refractivity (Wildman–Crippen MR) is 99.2 cm³/mol. The maximum atomic E-state index is 12.3. The van der Waals surface area contributed by atoms with Crippen LogP contribution in [0.4, 0.5) is 10.5 Å². The third-order valence-electron chi connectivity index (χ3n) is 3.30. The van der Waals surface area contributed by atoms with Crippen LogP contribution in [0.15, 0.2) is 48.0 Å². The number of aromatic nitrogens is 1. The highest BCUT2D eigenvalue weighted by atomic mass is 32.2. The fourth-order valence-corrected chi connectivity index (χ4v) is 3.88. The van der Waals surface area contributed by atoms with Crippen molar-refractivity contribution in [1.82, 2.24) is 14.6 Å². The highest BCUT2D eigenvalue weighted by Crippen LogP contribution is 2.17. The van der Waals surface area contributed by atoms with Crippen molar-refractivity contribution in [2.24, 2.45) is 0 Å². The molecule has 0 fully saturated rings. The van der Waals surface area contributed by atoms with Gasteiger partial charge in [-0.2, -0.15) is 4.31 Å². The minimum Gasteiger partial charge on any atom is -0.333 e. The second kappa shape index (κ2) is 8.24. The summed E-state index contributed by atoms with van der Waals surface area (Å²) in [7, 11) is -2.08. The smallest absolute Gasteiger partial charge is 0.319 e. The molecule has 0 radical (unpaired) electrons. The fourth-order valence-electron chi connectivity index (χ4n) is 2.00. The van der Waals surface area contributed by atoms with Crippen molar-refractivity contribution in [3.05, 3.63) is 53.0 Å². The highest BCUT2D eigenvalue weighted by molar-refractivity contribution is 7.89. The Labute approximate surface area is 151 Å². The van der Waals surface area contributed by atoms with Gasteiger partial charge in [-0.05, 0) is 31.2 Å². The molecule has 0 atom stereocenters. The minimum absolute atomic E-state index is 0.156. The quantitative estimate of drug-likeness (QED) is 0.722. The molecule has 1 heterocycles. The Kier molecular flexibility index (Phi) is 6.29. The van der Waals surface area contributed by atoms with E-state index in [4.69, 9.17) is 0 Å². The van der Waals surface area contributed by atoms with E-state index in [1.165, 1.54) is 40.9 Å². The molecule has 2 N–H and O–H groups in total. The zero-order chi connectivity index (χ0) is 18.4. The molecule has 0 aliphatic heterocycles. The zero-order valence-electron chi connectivity index (χ0n) is 14.0. The normalized spacial score (nSPS) is 11.3. The SMILES string of the molecule is C=CCN(C)S(=O)(=O)c1ccc(NC(=O)NCc2cnc(C)s2)cc1. The molecule has 0 bridgehead atoms. The van der Waals surface area contributed by atoms with Crippen molar-refractivity contribution in [1.29, 1.82) is 0 Å². The number of rotatable bonds is 7. The van der Waals surface area contributed by atoms with Gasteiger partial charge >= 0.3 is 6.03 Å². The van der Waals surface area contributed by atoms with E-state index in [9.17, 15) is 13.2 Å². The van der Waals surface area contributed by atoms with Crippen LogP contribution in [0.25, 0.3) is 0 Å². The first-order valence-corrected chi connectivity index (χ1v) is 9.72. The van der Waals surface area contributed by atoms with Gasteiger partial charge < -0.3 is 10.6 Å². The number of urea groups is 1. The van der Waals surface area contributed by atoms with Crippen LogP contribution in [-0.2, 0) is 16.6 Å². The second-order valence-corrected chi connectivity index (χ2v) is 8.62. The number of nitrogens with zero attached hydrogens (tertiary/aromatic N) is 2. The summed E-state index contributed by atoms with van der Waals surface area (Å²) in [5.41, 5.74) is 0.503. The first-order chi connectivity index (χ1) is 11.8. The number of hydrogen-bond acceptors (Lipinski definition) is 5. The molecule has 0 spiro atoms. The number of nitrogens with one attached hydrogen (secondary N) is 2. The lowest BCUT2D eigenvalue weighted by atomic mass is 10.3. The van der Waals surface area contributed by atoms with E-state index in [-0.39, 0.29) is 17.5 Å². The van der Waals surface area contributed by atoms with E-state index in [1.54, 1.807) is 18.3 Å². The van der Waals surface area contributed by atoms with E-state index in [0.29, 0.717) is 12.2 Å². The van der Waals surface area contributed by atoms with Gasteiger partial charge in [0, 0.05) is 30.4 Å². The molecule has 0 aliphatic carbocycles. The first kappa shape index (κ1) is 19.1. The molecular weight excluding hydrogens is 360 g/mol. The molecular formula is C16H20N4O3S2. The largest absolute Gasteiger partial charge is 0.333 e. The van der Waals surface area contributed by atoms with Gasteiger partial charge in [0.25, 0.3) is 0 Å². The Morgan fingerprint density at radius 3 is 2.60 bits per heavy atom. The lowest BCUT2D eigenvalue weighted by Gasteiger charge is -2.15. The molecule has 9 heteroatoms. The van der Waals surface area contributed by atoms with Crippen molar-refractivity contribution in [2.45, 2.75) is 18.4 Å². The van der Waals surface area contributed by atoms with Gasteiger partial charge in [0.2, 0.25) is 10.0 Å². The number of carbonyl (C=O) groups is 1. The van der Waals surface area contributed by atoms with Gasteiger partial charge in [-0.1, -0.05) is 6.08 Å². The topological polar surface area (TPSA) is 91.4 Å². The molecule has 1 aromatic carbocycles. The number of sulfonamides is 1. The third kappa shape index (κ3) is 5.12. The van der Waals surface area contributed by atoms with Crippen molar-refractivity contribution in [3.8, 4) is 0 Å². The number of thiazole rings is 1. The molecule has 25 heavy (non-hydrogen) atoms. The number of aryl methyl sites for hydroxylation is 1. The predicted octanol–water partition coefficient (Wildman–Crippen LogP) is 2.58. The molecule has 0 unspecified atom stereocenters. The number of anilines is 1. The van der Waals surface area contributed by atoms with Crippen LogP contribution in [-0.4, -0.2) is 37.3 Å². The van der Waals surface area contributed by atoms with Gasteiger partial charge in [0.15, 0.2) is 0 Å². The molecule has 0 saturated heterocycles. The van der Waals surface area contributed by atoms with Gasteiger partial charge in [0.1, 0.15) is 0 Å². The van der Waals surface area contributed by atoms with Crippen molar-refractivity contribution in [2.75, 3.05) is 18.9 Å². The Balaban J connectivity index is 1.95. The number of likely N-dealkylation sites (N-methyl/N-ethyl adjacent to an activating group) is 1. The fraction of sp³-hybridized carbons (Fsp3) is 0.250.